The van der Waals surface area contributed by atoms with Gasteiger partial charge in [-0.3, -0.25) is 0 Å². The monoisotopic (exact) mass is 176 g/mol. The Morgan fingerprint density at radius 1 is 1.42 bits per heavy atom. The largest absolute Gasteiger partial charge is 0.0985 e. The fourth-order valence-electron chi connectivity index (χ4n) is 1.52. The molecule has 0 atom stereocenters. The third kappa shape index (κ3) is 1.67. The fraction of sp³-hybridized carbons (Fsp3) is 0.273. The lowest BCUT2D eigenvalue weighted by Gasteiger charge is -2.11. The second-order valence-corrected chi connectivity index (χ2v) is 4.42. The van der Waals surface area contributed by atoms with Gasteiger partial charge in [-0.1, -0.05) is 49.9 Å². The summed E-state index contributed by atoms with van der Waals surface area (Å²) in [6.07, 6.45) is 1.95. The Bertz CT molecular complexity index is 287. The van der Waals surface area contributed by atoms with Crippen molar-refractivity contribution in [2.24, 2.45) is 0 Å². The van der Waals surface area contributed by atoms with Gasteiger partial charge in [-0.05, 0) is 17.0 Å². The molecule has 0 nitrogen and oxygen atoms in total. The van der Waals surface area contributed by atoms with E-state index in [0.29, 0.717) is 5.92 Å². The highest BCUT2D eigenvalue weighted by atomic mass is 28.1. The van der Waals surface area contributed by atoms with Crippen LogP contribution in [0.4, 0.5) is 0 Å². The van der Waals surface area contributed by atoms with E-state index in [0.717, 1.165) is 10.2 Å². The molecule has 1 rings (SSSR count). The molecule has 64 valence electrons. The van der Waals surface area contributed by atoms with E-state index < -0.39 is 0 Å². The van der Waals surface area contributed by atoms with Gasteiger partial charge in [0, 0.05) is 10.2 Å². The normalized spacial score (nSPS) is 10.6. The summed E-state index contributed by atoms with van der Waals surface area (Å²) < 4.78 is 0. The highest BCUT2D eigenvalue weighted by Crippen LogP contribution is 2.12. The lowest BCUT2D eigenvalue weighted by Crippen LogP contribution is -2.14. The predicted molar refractivity (Wildman–Crippen MR) is 60.2 cm³/mol. The molecule has 0 saturated carbocycles. The van der Waals surface area contributed by atoms with Crippen molar-refractivity contribution in [2.75, 3.05) is 0 Å². The molecule has 1 heteroatoms. The molecule has 0 bridgehead atoms. The van der Waals surface area contributed by atoms with E-state index in [-0.39, 0.29) is 0 Å². The van der Waals surface area contributed by atoms with Crippen molar-refractivity contribution < 1.29 is 0 Å². The molecule has 0 saturated heterocycles. The van der Waals surface area contributed by atoms with Crippen molar-refractivity contribution in [3.8, 4) is 0 Å². The van der Waals surface area contributed by atoms with Crippen LogP contribution in [0.5, 0.6) is 0 Å². The zero-order valence-electron chi connectivity index (χ0n) is 8.09. The van der Waals surface area contributed by atoms with Crippen molar-refractivity contribution in [2.45, 2.75) is 19.8 Å². The topological polar surface area (TPSA) is 0 Å². The number of hydrogen-bond acceptors (Lipinski definition) is 0. The molecular formula is C11H16Si. The minimum Gasteiger partial charge on any atom is -0.0985 e. The fourth-order valence-corrected chi connectivity index (χ4v) is 2.63. The van der Waals surface area contributed by atoms with E-state index in [9.17, 15) is 0 Å². The molecule has 0 amide bonds. The van der Waals surface area contributed by atoms with Gasteiger partial charge in [-0.25, -0.2) is 0 Å². The first-order valence-corrected chi connectivity index (χ1v) is 5.38. The van der Waals surface area contributed by atoms with Gasteiger partial charge in [0.2, 0.25) is 0 Å². The standard InChI is InChI=1S/C11H16Si/c1-4-9-6-5-7-10(8(2)3)11(9)12/h4-8H,1H2,2-3,12H3. The second kappa shape index (κ2) is 3.72. The third-order valence-corrected chi connectivity index (χ3v) is 3.41. The third-order valence-electron chi connectivity index (χ3n) is 2.26. The smallest absolute Gasteiger partial charge is 0.0396 e. The van der Waals surface area contributed by atoms with Crippen LogP contribution in [0.1, 0.15) is 30.9 Å². The molecule has 0 spiro atoms. The molecule has 0 fully saturated rings. The van der Waals surface area contributed by atoms with E-state index in [2.05, 4.69) is 38.6 Å². The molecule has 0 aliphatic carbocycles. The van der Waals surface area contributed by atoms with Gasteiger partial charge >= 0.3 is 0 Å². The van der Waals surface area contributed by atoms with Crippen LogP contribution >= 0.6 is 0 Å². The molecule has 0 aromatic heterocycles. The van der Waals surface area contributed by atoms with Crippen LogP contribution in [-0.4, -0.2) is 10.2 Å². The number of rotatable bonds is 2. The van der Waals surface area contributed by atoms with Crippen LogP contribution in [0, 0.1) is 0 Å². The van der Waals surface area contributed by atoms with Gasteiger partial charge in [0.1, 0.15) is 0 Å². The van der Waals surface area contributed by atoms with Gasteiger partial charge in [-0.15, -0.1) is 0 Å². The maximum atomic E-state index is 3.81. The van der Waals surface area contributed by atoms with E-state index >= 15 is 0 Å². The lowest BCUT2D eigenvalue weighted by molar-refractivity contribution is 0.873. The SMILES string of the molecule is C=Cc1cccc(C(C)C)c1[SiH3]. The Morgan fingerprint density at radius 2 is 2.08 bits per heavy atom. The van der Waals surface area contributed by atoms with Crippen LogP contribution in [0.25, 0.3) is 6.08 Å². The molecule has 0 N–H and O–H groups in total. The van der Waals surface area contributed by atoms with Crippen molar-refractivity contribution in [1.29, 1.82) is 0 Å². The molecule has 0 heterocycles. The minimum absolute atomic E-state index is 0.636. The minimum atomic E-state index is 0.636. The average Bonchev–Trinajstić information content (AvgIpc) is 2.04. The van der Waals surface area contributed by atoms with Gasteiger partial charge < -0.3 is 0 Å². The van der Waals surface area contributed by atoms with Gasteiger partial charge in [0.25, 0.3) is 0 Å². The highest BCUT2D eigenvalue weighted by Gasteiger charge is 2.03. The van der Waals surface area contributed by atoms with E-state index in [4.69, 9.17) is 0 Å². The Morgan fingerprint density at radius 3 is 2.58 bits per heavy atom. The van der Waals surface area contributed by atoms with Crippen molar-refractivity contribution in [1.82, 2.24) is 0 Å². The Hall–Kier alpha value is -0.823. The maximum Gasteiger partial charge on any atom is 0.0396 e. The van der Waals surface area contributed by atoms with Crippen molar-refractivity contribution in [3.05, 3.63) is 35.9 Å². The molecule has 0 unspecified atom stereocenters. The Labute approximate surface area is 77.7 Å². The summed E-state index contributed by atoms with van der Waals surface area (Å²) in [6.45, 7) is 8.29. The van der Waals surface area contributed by atoms with Crippen LogP contribution < -0.4 is 5.19 Å². The van der Waals surface area contributed by atoms with E-state index in [1.807, 2.05) is 6.08 Å². The maximum absolute atomic E-state index is 3.81. The average molecular weight is 176 g/mol. The van der Waals surface area contributed by atoms with Crippen LogP contribution in [0.3, 0.4) is 0 Å². The quantitative estimate of drug-likeness (QED) is 0.598. The zero-order valence-corrected chi connectivity index (χ0v) is 10.1. The van der Waals surface area contributed by atoms with E-state index in [1.165, 1.54) is 16.3 Å². The Balaban J connectivity index is 3.22. The molecule has 0 radical (unpaired) electrons. The summed E-state index contributed by atoms with van der Waals surface area (Å²) in [7, 11) is 1.11. The summed E-state index contributed by atoms with van der Waals surface area (Å²) in [5, 5.41) is 1.50. The van der Waals surface area contributed by atoms with Crippen molar-refractivity contribution in [3.63, 3.8) is 0 Å². The summed E-state index contributed by atoms with van der Waals surface area (Å²) in [6, 6.07) is 6.48. The van der Waals surface area contributed by atoms with Gasteiger partial charge in [-0.2, -0.15) is 0 Å². The first-order chi connectivity index (χ1) is 5.66. The zero-order chi connectivity index (χ0) is 9.14. The molecule has 0 aliphatic rings. The van der Waals surface area contributed by atoms with Gasteiger partial charge in [0.15, 0.2) is 0 Å². The van der Waals surface area contributed by atoms with Crippen LogP contribution in [0.15, 0.2) is 24.8 Å². The van der Waals surface area contributed by atoms with Gasteiger partial charge in [0.05, 0.1) is 0 Å². The number of benzene rings is 1. The van der Waals surface area contributed by atoms with Crippen LogP contribution in [0.2, 0.25) is 0 Å². The molecule has 0 aliphatic heterocycles. The predicted octanol–water partition coefficient (Wildman–Crippen LogP) is 1.44. The van der Waals surface area contributed by atoms with E-state index in [1.54, 1.807) is 0 Å². The summed E-state index contributed by atoms with van der Waals surface area (Å²) in [5.74, 6) is 0.636. The summed E-state index contributed by atoms with van der Waals surface area (Å²) in [4.78, 5) is 0. The molecule has 12 heavy (non-hydrogen) atoms. The summed E-state index contributed by atoms with van der Waals surface area (Å²) in [5.41, 5.74) is 2.80. The number of hydrogen-bond donors (Lipinski definition) is 0. The molecule has 1 aromatic rings. The molecular weight excluding hydrogens is 160 g/mol. The first-order valence-electron chi connectivity index (χ1n) is 4.38. The highest BCUT2D eigenvalue weighted by molar-refractivity contribution is 6.35. The summed E-state index contributed by atoms with van der Waals surface area (Å²) >= 11 is 0. The Kier molecular flexibility index (Phi) is 2.87. The first kappa shape index (κ1) is 9.27. The second-order valence-electron chi connectivity index (χ2n) is 3.42. The van der Waals surface area contributed by atoms with Crippen molar-refractivity contribution >= 4 is 21.5 Å². The lowest BCUT2D eigenvalue weighted by atomic mass is 10.0. The molecule has 1 aromatic carbocycles. The van der Waals surface area contributed by atoms with Crippen LogP contribution in [-0.2, 0) is 0 Å².